The Morgan fingerprint density at radius 1 is 1.47 bits per heavy atom. The first-order valence-electron chi connectivity index (χ1n) is 6.71. The lowest BCUT2D eigenvalue weighted by molar-refractivity contribution is 0.131. The van der Waals surface area contributed by atoms with E-state index in [0.29, 0.717) is 11.8 Å². The van der Waals surface area contributed by atoms with Gasteiger partial charge in [-0.15, -0.1) is 0 Å². The maximum absolute atomic E-state index is 9.78. The molecule has 1 fully saturated rings. The molecule has 0 spiro atoms. The first-order chi connectivity index (χ1) is 9.11. The second-order valence-electron chi connectivity index (χ2n) is 5.21. The first-order valence-corrected chi connectivity index (χ1v) is 7.53. The summed E-state index contributed by atoms with van der Waals surface area (Å²) >= 11 is 1.64. The Kier molecular flexibility index (Phi) is 5.01. The van der Waals surface area contributed by atoms with Crippen molar-refractivity contribution < 1.29 is 9.84 Å². The fourth-order valence-corrected chi connectivity index (χ4v) is 3.34. The summed E-state index contributed by atoms with van der Waals surface area (Å²) in [6.45, 7) is 1.61. The Balaban J connectivity index is 1.88. The smallest absolute Gasteiger partial charge is 0.230 e. The van der Waals surface area contributed by atoms with E-state index >= 15 is 0 Å². The number of nitrogens with zero attached hydrogens (tertiary/aromatic N) is 2. The highest BCUT2D eigenvalue weighted by atomic mass is 32.1. The number of methoxy groups -OCH3 is 1. The van der Waals surface area contributed by atoms with E-state index < -0.39 is 0 Å². The van der Waals surface area contributed by atoms with Gasteiger partial charge < -0.3 is 20.1 Å². The Hall–Kier alpha value is -0.850. The Morgan fingerprint density at radius 2 is 2.26 bits per heavy atom. The van der Waals surface area contributed by atoms with Crippen LogP contribution in [0.25, 0.3) is 0 Å². The van der Waals surface area contributed by atoms with Gasteiger partial charge in [-0.1, -0.05) is 17.8 Å². The molecule has 2 N–H and O–H groups in total. The molecular formula is C13H23N3O2S. The van der Waals surface area contributed by atoms with E-state index in [9.17, 15) is 5.11 Å². The van der Waals surface area contributed by atoms with Crippen LogP contribution in [-0.2, 0) is 6.54 Å². The number of hydrogen-bond acceptors (Lipinski definition) is 6. The van der Waals surface area contributed by atoms with E-state index in [1.54, 1.807) is 18.4 Å². The standard InChI is InChI=1S/C13H23N3O2S/c1-16(2)13-15-12(18-3)11(19-13)8-14-7-9-5-4-6-10(9)17/h9-10,14,17H,4-8H2,1-3H3. The van der Waals surface area contributed by atoms with Crippen molar-refractivity contribution in [3.05, 3.63) is 4.88 Å². The molecule has 2 atom stereocenters. The van der Waals surface area contributed by atoms with Crippen LogP contribution in [0.2, 0.25) is 0 Å². The Morgan fingerprint density at radius 3 is 2.84 bits per heavy atom. The van der Waals surface area contributed by atoms with Gasteiger partial charge in [-0.2, -0.15) is 4.98 Å². The third kappa shape index (κ3) is 3.58. The minimum absolute atomic E-state index is 0.131. The van der Waals surface area contributed by atoms with Gasteiger partial charge in [-0.3, -0.25) is 0 Å². The maximum Gasteiger partial charge on any atom is 0.230 e. The van der Waals surface area contributed by atoms with Crippen molar-refractivity contribution in [1.29, 1.82) is 0 Å². The van der Waals surface area contributed by atoms with Gasteiger partial charge in [0.05, 0.1) is 18.1 Å². The van der Waals surface area contributed by atoms with Crippen LogP contribution >= 0.6 is 11.3 Å². The summed E-state index contributed by atoms with van der Waals surface area (Å²) in [5.41, 5.74) is 0. The number of nitrogens with one attached hydrogen (secondary N) is 1. The largest absolute Gasteiger partial charge is 0.480 e. The fourth-order valence-electron chi connectivity index (χ4n) is 2.41. The zero-order valence-corrected chi connectivity index (χ0v) is 12.7. The van der Waals surface area contributed by atoms with Crippen molar-refractivity contribution in [3.63, 3.8) is 0 Å². The van der Waals surface area contributed by atoms with Gasteiger partial charge in [0, 0.05) is 27.2 Å². The molecule has 2 rings (SSSR count). The number of rotatable bonds is 6. The molecule has 19 heavy (non-hydrogen) atoms. The van der Waals surface area contributed by atoms with Gasteiger partial charge in [-0.05, 0) is 18.8 Å². The monoisotopic (exact) mass is 285 g/mol. The molecule has 1 aliphatic carbocycles. The molecular weight excluding hydrogens is 262 g/mol. The van der Waals surface area contributed by atoms with Gasteiger partial charge in [0.1, 0.15) is 0 Å². The van der Waals surface area contributed by atoms with Gasteiger partial charge in [0.15, 0.2) is 5.13 Å². The first kappa shape index (κ1) is 14.6. The van der Waals surface area contributed by atoms with Crippen molar-refractivity contribution in [2.45, 2.75) is 31.9 Å². The number of thiazole rings is 1. The normalized spacial score (nSPS) is 22.7. The molecule has 0 aromatic carbocycles. The van der Waals surface area contributed by atoms with Crippen LogP contribution in [0.15, 0.2) is 0 Å². The molecule has 0 saturated heterocycles. The van der Waals surface area contributed by atoms with Crippen molar-refractivity contribution in [2.24, 2.45) is 5.92 Å². The highest BCUT2D eigenvalue weighted by Gasteiger charge is 2.24. The van der Waals surface area contributed by atoms with E-state index in [-0.39, 0.29) is 6.10 Å². The van der Waals surface area contributed by atoms with Crippen molar-refractivity contribution in [2.75, 3.05) is 32.6 Å². The Bertz CT molecular complexity index is 409. The van der Waals surface area contributed by atoms with Crippen molar-refractivity contribution in [1.82, 2.24) is 10.3 Å². The number of hydrogen-bond donors (Lipinski definition) is 2. The summed E-state index contributed by atoms with van der Waals surface area (Å²) in [4.78, 5) is 7.52. The number of aromatic nitrogens is 1. The molecule has 1 aliphatic rings. The summed E-state index contributed by atoms with van der Waals surface area (Å²) in [7, 11) is 5.60. The van der Waals surface area contributed by atoms with Crippen LogP contribution in [-0.4, -0.2) is 43.9 Å². The van der Waals surface area contributed by atoms with E-state index in [1.807, 2.05) is 19.0 Å². The minimum Gasteiger partial charge on any atom is -0.480 e. The van der Waals surface area contributed by atoms with Gasteiger partial charge in [0.25, 0.3) is 0 Å². The van der Waals surface area contributed by atoms with E-state index in [4.69, 9.17) is 4.74 Å². The predicted octanol–water partition coefficient (Wildman–Crippen LogP) is 1.47. The predicted molar refractivity (Wildman–Crippen MR) is 78.0 cm³/mol. The Labute approximate surface area is 118 Å². The summed E-state index contributed by atoms with van der Waals surface area (Å²) in [5, 5.41) is 14.1. The van der Waals surface area contributed by atoms with Crippen molar-refractivity contribution >= 4 is 16.5 Å². The second-order valence-corrected chi connectivity index (χ2v) is 6.27. The molecule has 0 bridgehead atoms. The van der Waals surface area contributed by atoms with Crippen LogP contribution in [0, 0.1) is 5.92 Å². The summed E-state index contributed by atoms with van der Waals surface area (Å²) < 4.78 is 5.30. The van der Waals surface area contributed by atoms with Crippen LogP contribution < -0.4 is 15.0 Å². The number of aliphatic hydroxyl groups is 1. The van der Waals surface area contributed by atoms with Crippen LogP contribution in [0.3, 0.4) is 0 Å². The zero-order chi connectivity index (χ0) is 13.8. The van der Waals surface area contributed by atoms with Crippen LogP contribution in [0.1, 0.15) is 24.1 Å². The quantitative estimate of drug-likeness (QED) is 0.829. The van der Waals surface area contributed by atoms with Crippen LogP contribution in [0.5, 0.6) is 5.88 Å². The lowest BCUT2D eigenvalue weighted by atomic mass is 10.1. The van der Waals surface area contributed by atoms with E-state index in [1.165, 1.54) is 0 Å². The van der Waals surface area contributed by atoms with Crippen molar-refractivity contribution in [3.8, 4) is 5.88 Å². The van der Waals surface area contributed by atoms with E-state index in [2.05, 4.69) is 10.3 Å². The topological polar surface area (TPSA) is 57.6 Å². The molecule has 0 aliphatic heterocycles. The number of ether oxygens (including phenoxy) is 1. The molecule has 6 heteroatoms. The fraction of sp³-hybridized carbons (Fsp3) is 0.769. The molecule has 1 heterocycles. The highest BCUT2D eigenvalue weighted by Crippen LogP contribution is 2.30. The second kappa shape index (κ2) is 6.54. The summed E-state index contributed by atoms with van der Waals surface area (Å²) in [6, 6.07) is 0. The average Bonchev–Trinajstić information content (AvgIpc) is 2.96. The van der Waals surface area contributed by atoms with Gasteiger partial charge >= 0.3 is 0 Å². The third-order valence-electron chi connectivity index (χ3n) is 3.54. The molecule has 0 radical (unpaired) electrons. The van der Waals surface area contributed by atoms with Crippen LogP contribution in [0.4, 0.5) is 5.13 Å². The third-order valence-corrected chi connectivity index (χ3v) is 4.74. The zero-order valence-electron chi connectivity index (χ0n) is 11.8. The molecule has 2 unspecified atom stereocenters. The van der Waals surface area contributed by atoms with Gasteiger partial charge in [0.2, 0.25) is 5.88 Å². The molecule has 1 saturated carbocycles. The number of anilines is 1. The highest BCUT2D eigenvalue weighted by molar-refractivity contribution is 7.15. The van der Waals surface area contributed by atoms with E-state index in [0.717, 1.165) is 42.4 Å². The average molecular weight is 285 g/mol. The maximum atomic E-state index is 9.78. The summed E-state index contributed by atoms with van der Waals surface area (Å²) in [5.74, 6) is 1.10. The molecule has 108 valence electrons. The molecule has 1 aromatic rings. The lowest BCUT2D eigenvalue weighted by Gasteiger charge is -2.14. The molecule has 5 nitrogen and oxygen atoms in total. The molecule has 1 aromatic heterocycles. The molecule has 0 amide bonds. The number of aliphatic hydroxyl groups excluding tert-OH is 1. The SMILES string of the molecule is COc1nc(N(C)C)sc1CNCC1CCCC1O. The van der Waals surface area contributed by atoms with Gasteiger partial charge in [-0.25, -0.2) is 0 Å². The lowest BCUT2D eigenvalue weighted by Crippen LogP contribution is -2.27. The summed E-state index contributed by atoms with van der Waals surface area (Å²) in [6.07, 6.45) is 3.08. The minimum atomic E-state index is -0.131.